The van der Waals surface area contributed by atoms with Crippen LogP contribution in [0.15, 0.2) is 10.2 Å². The third-order valence-electron chi connectivity index (χ3n) is 1.86. The number of alkyl halides is 1. The van der Waals surface area contributed by atoms with Crippen LogP contribution in [-0.2, 0) is 11.3 Å². The van der Waals surface area contributed by atoms with E-state index in [0.717, 1.165) is 17.0 Å². The summed E-state index contributed by atoms with van der Waals surface area (Å²) in [6.45, 7) is 4.29. The molecule has 0 fully saturated rings. The first-order valence-electron chi connectivity index (χ1n) is 4.59. The van der Waals surface area contributed by atoms with E-state index in [1.54, 1.807) is 5.38 Å². The molecule has 0 aliphatic carbocycles. The molecular weight excluding hydrogens is 280 g/mol. The molecule has 0 radical (unpaired) electrons. The highest BCUT2D eigenvalue weighted by atomic mass is 79.9. The first-order chi connectivity index (χ1) is 7.00. The van der Waals surface area contributed by atoms with Crippen molar-refractivity contribution in [2.45, 2.75) is 25.2 Å². The van der Waals surface area contributed by atoms with Gasteiger partial charge in [0.15, 0.2) is 0 Å². The second-order valence-corrected chi connectivity index (χ2v) is 5.37. The molecule has 15 heavy (non-hydrogen) atoms. The zero-order chi connectivity index (χ0) is 11.4. The van der Waals surface area contributed by atoms with Crippen molar-refractivity contribution in [3.8, 4) is 0 Å². The highest BCUT2D eigenvalue weighted by Crippen LogP contribution is 2.11. The van der Waals surface area contributed by atoms with Crippen molar-refractivity contribution in [1.29, 1.82) is 0 Å². The average Bonchev–Trinajstić information content (AvgIpc) is 2.59. The molecule has 1 amide bonds. The lowest BCUT2D eigenvalue weighted by molar-refractivity contribution is -0.121. The van der Waals surface area contributed by atoms with Gasteiger partial charge in [-0.3, -0.25) is 9.59 Å². The maximum absolute atomic E-state index is 11.5. The van der Waals surface area contributed by atoms with Crippen molar-refractivity contribution >= 4 is 33.2 Å². The lowest BCUT2D eigenvalue weighted by Gasteiger charge is -2.12. The van der Waals surface area contributed by atoms with Gasteiger partial charge in [-0.2, -0.15) is 0 Å². The smallest absolute Gasteiger partial charge is 0.304 e. The molecule has 6 heteroatoms. The van der Waals surface area contributed by atoms with E-state index in [4.69, 9.17) is 0 Å². The van der Waals surface area contributed by atoms with Crippen molar-refractivity contribution in [3.63, 3.8) is 0 Å². The van der Waals surface area contributed by atoms with E-state index in [9.17, 15) is 9.59 Å². The minimum absolute atomic E-state index is 0.0583. The minimum atomic E-state index is -0.192. The highest BCUT2D eigenvalue weighted by molar-refractivity contribution is 9.10. The number of aromatic nitrogens is 1. The molecule has 1 aromatic heterocycles. The quantitative estimate of drug-likeness (QED) is 0.826. The van der Waals surface area contributed by atoms with Crippen LogP contribution in [0.5, 0.6) is 0 Å². The molecule has 1 atom stereocenters. The van der Waals surface area contributed by atoms with E-state index in [0.29, 0.717) is 6.54 Å². The van der Waals surface area contributed by atoms with Gasteiger partial charge in [0.1, 0.15) is 0 Å². The molecule has 0 aliphatic heterocycles. The zero-order valence-electron chi connectivity index (χ0n) is 8.54. The number of aromatic amines is 1. The fourth-order valence-electron chi connectivity index (χ4n) is 0.983. The molecule has 0 saturated carbocycles. The summed E-state index contributed by atoms with van der Waals surface area (Å²) in [4.78, 5) is 24.7. The largest absolute Gasteiger partial charge is 0.350 e. The lowest BCUT2D eigenvalue weighted by atomic mass is 10.1. The zero-order valence-corrected chi connectivity index (χ0v) is 10.9. The molecular formula is C9H13BrN2O2S. The van der Waals surface area contributed by atoms with E-state index in [-0.39, 0.29) is 21.5 Å². The van der Waals surface area contributed by atoms with Crippen LogP contribution < -0.4 is 10.2 Å². The summed E-state index contributed by atoms with van der Waals surface area (Å²) in [5.41, 5.74) is 0.738. The van der Waals surface area contributed by atoms with Crippen molar-refractivity contribution < 1.29 is 4.79 Å². The fraction of sp³-hybridized carbons (Fsp3) is 0.556. The summed E-state index contributed by atoms with van der Waals surface area (Å²) in [5.74, 6) is 0.184. The Morgan fingerprint density at radius 3 is 2.80 bits per heavy atom. The Kier molecular flexibility index (Phi) is 4.53. The number of halogens is 1. The first kappa shape index (κ1) is 12.4. The molecule has 1 aromatic rings. The SMILES string of the molecule is CC(C)C(Br)C(=O)NCc1csc(=O)[nH]1. The topological polar surface area (TPSA) is 62.0 Å². The minimum Gasteiger partial charge on any atom is -0.350 e. The molecule has 1 rings (SSSR count). The molecule has 1 heterocycles. The number of thiazole rings is 1. The predicted octanol–water partition coefficient (Wildman–Crippen LogP) is 1.47. The molecule has 0 aliphatic rings. The molecule has 4 nitrogen and oxygen atoms in total. The number of hydrogen-bond acceptors (Lipinski definition) is 3. The van der Waals surface area contributed by atoms with Gasteiger partial charge in [0.2, 0.25) is 5.91 Å². The number of carbonyl (C=O) groups excluding carboxylic acids is 1. The molecule has 0 saturated heterocycles. The molecule has 0 spiro atoms. The Bertz CT molecular complexity index is 385. The van der Waals surface area contributed by atoms with Crippen molar-refractivity contribution in [2.24, 2.45) is 5.92 Å². The number of hydrogen-bond donors (Lipinski definition) is 2. The van der Waals surface area contributed by atoms with Crippen LogP contribution in [0.1, 0.15) is 19.5 Å². The first-order valence-corrected chi connectivity index (χ1v) is 6.38. The maximum atomic E-state index is 11.5. The number of rotatable bonds is 4. The van der Waals surface area contributed by atoms with Crippen LogP contribution in [0.2, 0.25) is 0 Å². The summed E-state index contributed by atoms with van der Waals surface area (Å²) in [7, 11) is 0. The number of amides is 1. The number of carbonyl (C=O) groups is 1. The average molecular weight is 293 g/mol. The Morgan fingerprint density at radius 1 is 1.67 bits per heavy atom. The Balaban J connectivity index is 2.44. The summed E-state index contributed by atoms with van der Waals surface area (Å²) >= 11 is 4.40. The fourth-order valence-corrected chi connectivity index (χ4v) is 1.73. The van der Waals surface area contributed by atoms with Crippen LogP contribution in [-0.4, -0.2) is 15.7 Å². The molecule has 84 valence electrons. The van der Waals surface area contributed by atoms with E-state index in [2.05, 4.69) is 26.2 Å². The number of nitrogens with one attached hydrogen (secondary N) is 2. The monoisotopic (exact) mass is 292 g/mol. The van der Waals surface area contributed by atoms with Gasteiger partial charge in [-0.15, -0.1) is 0 Å². The van der Waals surface area contributed by atoms with Crippen LogP contribution in [0.4, 0.5) is 0 Å². The molecule has 0 aromatic carbocycles. The van der Waals surface area contributed by atoms with Gasteiger partial charge in [-0.25, -0.2) is 0 Å². The van der Waals surface area contributed by atoms with Gasteiger partial charge < -0.3 is 10.3 Å². The Hall–Kier alpha value is -0.620. The number of H-pyrrole nitrogens is 1. The summed E-state index contributed by atoms with van der Waals surface area (Å²) in [6.07, 6.45) is 0. The van der Waals surface area contributed by atoms with Gasteiger partial charge in [-0.1, -0.05) is 41.1 Å². The molecule has 2 N–H and O–H groups in total. The van der Waals surface area contributed by atoms with Crippen molar-refractivity contribution in [1.82, 2.24) is 10.3 Å². The van der Waals surface area contributed by atoms with Gasteiger partial charge in [0.05, 0.1) is 11.4 Å². The second-order valence-electron chi connectivity index (χ2n) is 3.54. The Morgan fingerprint density at radius 2 is 2.33 bits per heavy atom. The summed E-state index contributed by atoms with van der Waals surface area (Å²) in [5, 5.41) is 4.45. The predicted molar refractivity (Wildman–Crippen MR) is 64.3 cm³/mol. The van der Waals surface area contributed by atoms with Crippen LogP contribution in [0.25, 0.3) is 0 Å². The van der Waals surface area contributed by atoms with Crippen LogP contribution in [0, 0.1) is 5.92 Å². The van der Waals surface area contributed by atoms with E-state index in [1.807, 2.05) is 13.8 Å². The summed E-state index contributed by atoms with van der Waals surface area (Å²) in [6, 6.07) is 0. The van der Waals surface area contributed by atoms with Gasteiger partial charge in [0, 0.05) is 11.1 Å². The van der Waals surface area contributed by atoms with Crippen LogP contribution in [0.3, 0.4) is 0 Å². The third-order valence-corrected chi connectivity index (χ3v) is 4.05. The van der Waals surface area contributed by atoms with Gasteiger partial charge >= 0.3 is 4.87 Å². The van der Waals surface area contributed by atoms with E-state index in [1.165, 1.54) is 0 Å². The van der Waals surface area contributed by atoms with Crippen molar-refractivity contribution in [3.05, 3.63) is 20.7 Å². The second kappa shape index (κ2) is 5.46. The molecule has 0 bridgehead atoms. The van der Waals surface area contributed by atoms with E-state index < -0.39 is 0 Å². The normalized spacial score (nSPS) is 12.8. The van der Waals surface area contributed by atoms with E-state index >= 15 is 0 Å². The highest BCUT2D eigenvalue weighted by Gasteiger charge is 2.17. The maximum Gasteiger partial charge on any atom is 0.304 e. The van der Waals surface area contributed by atoms with Crippen molar-refractivity contribution in [2.75, 3.05) is 0 Å². The summed E-state index contributed by atoms with van der Waals surface area (Å²) < 4.78 is 0. The van der Waals surface area contributed by atoms with Crippen LogP contribution >= 0.6 is 27.3 Å². The Labute approximate surface area is 100 Å². The lowest BCUT2D eigenvalue weighted by Crippen LogP contribution is -2.33. The van der Waals surface area contributed by atoms with Gasteiger partial charge in [0.25, 0.3) is 0 Å². The molecule has 1 unspecified atom stereocenters. The van der Waals surface area contributed by atoms with Gasteiger partial charge in [-0.05, 0) is 5.92 Å². The third kappa shape index (κ3) is 3.79. The standard InChI is InChI=1S/C9H13BrN2O2S/c1-5(2)7(10)8(13)11-3-6-4-15-9(14)12-6/h4-5,7H,3H2,1-2H3,(H,11,13)(H,12,14).